The highest BCUT2D eigenvalue weighted by molar-refractivity contribution is 9.10. The number of carbonyl (C=O) groups is 1. The number of allylic oxidation sites excluding steroid dienone is 2. The average Bonchev–Trinajstić information content (AvgIpc) is 3.04. The van der Waals surface area contributed by atoms with Gasteiger partial charge < -0.3 is 10.4 Å². The largest absolute Gasteiger partial charge is 0.478 e. The minimum Gasteiger partial charge on any atom is -0.478 e. The fourth-order valence-corrected chi connectivity index (χ4v) is 4.49. The lowest BCUT2D eigenvalue weighted by molar-refractivity contribution is 0.0695. The minimum atomic E-state index is -0.854. The zero-order valence-electron chi connectivity index (χ0n) is 13.3. The second-order valence-corrected chi connectivity index (χ2v) is 7.47. The molecular weight excluding hydrogens is 366 g/mol. The average molecular weight is 384 g/mol. The Balaban J connectivity index is 1.88. The topological polar surface area (TPSA) is 49.3 Å². The number of aromatic carboxylic acids is 1. The molecule has 2 aromatic rings. The van der Waals surface area contributed by atoms with Gasteiger partial charge in [0.05, 0.1) is 11.6 Å². The summed E-state index contributed by atoms with van der Waals surface area (Å²) in [4.78, 5) is 11.7. The van der Waals surface area contributed by atoms with Gasteiger partial charge in [-0.25, -0.2) is 4.79 Å². The number of halogens is 1. The van der Waals surface area contributed by atoms with Gasteiger partial charge in [-0.2, -0.15) is 0 Å². The third-order valence-electron chi connectivity index (χ3n) is 5.17. The van der Waals surface area contributed by atoms with Crippen molar-refractivity contribution in [1.29, 1.82) is 0 Å². The number of rotatable bonds is 2. The first-order valence-corrected chi connectivity index (χ1v) is 8.91. The number of benzene rings is 2. The summed E-state index contributed by atoms with van der Waals surface area (Å²) in [5.41, 5.74) is 4.65. The Morgan fingerprint density at radius 3 is 2.88 bits per heavy atom. The molecule has 24 heavy (non-hydrogen) atoms. The summed E-state index contributed by atoms with van der Waals surface area (Å²) < 4.78 is 1.06. The van der Waals surface area contributed by atoms with Crippen LogP contribution in [0.3, 0.4) is 0 Å². The summed E-state index contributed by atoms with van der Waals surface area (Å²) in [6.07, 6.45) is 5.33. The summed E-state index contributed by atoms with van der Waals surface area (Å²) in [7, 11) is 0. The quantitative estimate of drug-likeness (QED) is 0.693. The molecule has 1 aliphatic heterocycles. The van der Waals surface area contributed by atoms with Gasteiger partial charge in [0.25, 0.3) is 0 Å². The van der Waals surface area contributed by atoms with Crippen molar-refractivity contribution in [3.8, 4) is 0 Å². The first-order chi connectivity index (χ1) is 11.6. The Bertz CT molecular complexity index is 859. The van der Waals surface area contributed by atoms with E-state index in [4.69, 9.17) is 0 Å². The zero-order chi connectivity index (χ0) is 16.8. The van der Waals surface area contributed by atoms with Gasteiger partial charge in [-0.05, 0) is 54.2 Å². The van der Waals surface area contributed by atoms with Crippen molar-refractivity contribution in [2.75, 3.05) is 5.32 Å². The number of carboxylic acids is 1. The number of carboxylic acid groups (broad SMARTS) is 1. The molecule has 0 radical (unpaired) electrons. The van der Waals surface area contributed by atoms with Crippen molar-refractivity contribution in [2.24, 2.45) is 5.92 Å². The van der Waals surface area contributed by atoms with Crippen LogP contribution in [0.25, 0.3) is 0 Å². The van der Waals surface area contributed by atoms with E-state index < -0.39 is 5.97 Å². The van der Waals surface area contributed by atoms with Crippen molar-refractivity contribution in [2.45, 2.75) is 25.3 Å². The smallest absolute Gasteiger partial charge is 0.336 e. The lowest BCUT2D eigenvalue weighted by Gasteiger charge is -2.39. The van der Waals surface area contributed by atoms with Crippen LogP contribution in [0.2, 0.25) is 0 Å². The van der Waals surface area contributed by atoms with Gasteiger partial charge in [0.15, 0.2) is 0 Å². The maximum absolute atomic E-state index is 11.7. The standard InChI is InChI=1S/C20H18BrNO2/c1-11-8-9-16(20(23)24)17-14-6-3-7-15(14)19(22-18(11)17)12-4-2-5-13(21)10-12/h2-6,8-10,14-15,19,22H,7H2,1H3,(H,23,24)/t14?,15?,19-/m1/s1. The molecule has 4 rings (SSSR count). The second-order valence-electron chi connectivity index (χ2n) is 6.55. The van der Waals surface area contributed by atoms with Crippen LogP contribution in [-0.4, -0.2) is 11.1 Å². The second kappa shape index (κ2) is 5.78. The van der Waals surface area contributed by atoms with Crippen LogP contribution in [0.5, 0.6) is 0 Å². The molecule has 4 heteroatoms. The molecule has 0 saturated heterocycles. The molecule has 1 heterocycles. The highest BCUT2D eigenvalue weighted by Gasteiger charge is 2.40. The van der Waals surface area contributed by atoms with Crippen LogP contribution in [-0.2, 0) is 0 Å². The molecule has 2 aliphatic rings. The fraction of sp³-hybridized carbons (Fsp3) is 0.250. The monoisotopic (exact) mass is 383 g/mol. The first-order valence-electron chi connectivity index (χ1n) is 8.11. The normalized spacial score (nSPS) is 24.2. The number of aryl methyl sites for hydroxylation is 1. The fourth-order valence-electron chi connectivity index (χ4n) is 4.07. The van der Waals surface area contributed by atoms with Gasteiger partial charge in [-0.1, -0.05) is 46.3 Å². The van der Waals surface area contributed by atoms with Crippen LogP contribution >= 0.6 is 15.9 Å². The van der Waals surface area contributed by atoms with Gasteiger partial charge in [-0.15, -0.1) is 0 Å². The summed E-state index contributed by atoms with van der Waals surface area (Å²) in [6, 6.07) is 12.2. The molecule has 0 aromatic heterocycles. The summed E-state index contributed by atoms with van der Waals surface area (Å²) in [5.74, 6) is -0.365. The lowest BCUT2D eigenvalue weighted by atomic mass is 9.75. The van der Waals surface area contributed by atoms with Gasteiger partial charge in [0.1, 0.15) is 0 Å². The van der Waals surface area contributed by atoms with E-state index in [0.29, 0.717) is 11.5 Å². The van der Waals surface area contributed by atoms with Crippen LogP contribution in [0.1, 0.15) is 45.4 Å². The number of hydrogen-bond donors (Lipinski definition) is 2. The van der Waals surface area contributed by atoms with Crippen molar-refractivity contribution < 1.29 is 9.90 Å². The van der Waals surface area contributed by atoms with E-state index in [1.807, 2.05) is 19.1 Å². The van der Waals surface area contributed by atoms with Gasteiger partial charge >= 0.3 is 5.97 Å². The highest BCUT2D eigenvalue weighted by Crippen LogP contribution is 2.51. The van der Waals surface area contributed by atoms with Crippen molar-refractivity contribution in [1.82, 2.24) is 0 Å². The Kier molecular flexibility index (Phi) is 3.72. The molecule has 2 unspecified atom stereocenters. The molecule has 3 nitrogen and oxygen atoms in total. The maximum atomic E-state index is 11.7. The molecule has 0 fully saturated rings. The van der Waals surface area contributed by atoms with Crippen LogP contribution in [0, 0.1) is 12.8 Å². The number of nitrogens with one attached hydrogen (secondary N) is 1. The van der Waals surface area contributed by atoms with Crippen molar-refractivity contribution in [3.05, 3.63) is 75.3 Å². The number of fused-ring (bicyclic) bond motifs is 3. The lowest BCUT2D eigenvalue weighted by Crippen LogP contribution is -2.31. The third-order valence-corrected chi connectivity index (χ3v) is 5.66. The Morgan fingerprint density at radius 1 is 1.29 bits per heavy atom. The van der Waals surface area contributed by atoms with Crippen molar-refractivity contribution in [3.63, 3.8) is 0 Å². The Labute approximate surface area is 149 Å². The molecule has 2 N–H and O–H groups in total. The highest BCUT2D eigenvalue weighted by atomic mass is 79.9. The Hall–Kier alpha value is -2.07. The molecule has 2 aromatic carbocycles. The molecule has 0 spiro atoms. The Morgan fingerprint density at radius 2 is 2.12 bits per heavy atom. The summed E-state index contributed by atoms with van der Waals surface area (Å²) in [6.45, 7) is 2.04. The zero-order valence-corrected chi connectivity index (χ0v) is 14.9. The predicted molar refractivity (Wildman–Crippen MR) is 98.6 cm³/mol. The molecular formula is C20H18BrNO2. The van der Waals surface area contributed by atoms with E-state index in [1.165, 1.54) is 5.56 Å². The van der Waals surface area contributed by atoms with E-state index >= 15 is 0 Å². The maximum Gasteiger partial charge on any atom is 0.336 e. The van der Waals surface area contributed by atoms with Crippen LogP contribution in [0.4, 0.5) is 5.69 Å². The summed E-state index contributed by atoms with van der Waals surface area (Å²) >= 11 is 3.56. The molecule has 0 saturated carbocycles. The number of anilines is 1. The first kappa shape index (κ1) is 15.5. The predicted octanol–water partition coefficient (Wildman–Crippen LogP) is 5.28. The van der Waals surface area contributed by atoms with Gasteiger partial charge in [-0.3, -0.25) is 0 Å². The molecule has 1 aliphatic carbocycles. The SMILES string of the molecule is Cc1ccc(C(=O)O)c2c1N[C@H](c1cccc(Br)c1)C1CC=CC21. The third kappa shape index (κ3) is 2.37. The minimum absolute atomic E-state index is 0.149. The van der Waals surface area contributed by atoms with E-state index in [-0.39, 0.29) is 12.0 Å². The summed E-state index contributed by atoms with van der Waals surface area (Å²) in [5, 5.41) is 13.3. The molecule has 122 valence electrons. The molecule has 0 bridgehead atoms. The van der Waals surface area contributed by atoms with E-state index in [1.54, 1.807) is 6.07 Å². The molecule has 0 amide bonds. The van der Waals surface area contributed by atoms with E-state index in [9.17, 15) is 9.90 Å². The van der Waals surface area contributed by atoms with Crippen molar-refractivity contribution >= 4 is 27.6 Å². The van der Waals surface area contributed by atoms with Crippen LogP contribution in [0.15, 0.2) is 53.0 Å². The molecule has 3 atom stereocenters. The van der Waals surface area contributed by atoms with Crippen LogP contribution < -0.4 is 5.32 Å². The van der Waals surface area contributed by atoms with Gasteiger partial charge in [0.2, 0.25) is 0 Å². The van der Waals surface area contributed by atoms with E-state index in [0.717, 1.165) is 27.7 Å². The van der Waals surface area contributed by atoms with E-state index in [2.05, 4.69) is 51.6 Å². The van der Waals surface area contributed by atoms with Gasteiger partial charge in [0, 0.05) is 16.1 Å². The number of hydrogen-bond acceptors (Lipinski definition) is 2.